The number of nitrogens with one attached hydrogen (secondary N) is 1. The molecule has 3 rings (SSSR count). The van der Waals surface area contributed by atoms with Crippen molar-refractivity contribution in [3.8, 4) is 0 Å². The van der Waals surface area contributed by atoms with E-state index in [9.17, 15) is 0 Å². The summed E-state index contributed by atoms with van der Waals surface area (Å²) in [5.74, 6) is 1.05. The molecule has 0 radical (unpaired) electrons. The first-order valence-electron chi connectivity index (χ1n) is 7.87. The molecule has 0 aliphatic carbocycles. The summed E-state index contributed by atoms with van der Waals surface area (Å²) in [5, 5.41) is 3.33. The largest absolute Gasteiger partial charge is 0.467 e. The molecule has 0 atom stereocenters. The minimum Gasteiger partial charge on any atom is -0.467 e. The third kappa shape index (κ3) is 3.30. The highest BCUT2D eigenvalue weighted by atomic mass is 16.3. The standard InChI is InChI=1S/C18H24N2O/c1-3-19-11-15-10-17(21-13-15)12-20-8-4-5-16-9-14(2)6-7-18(16)20/h6-7,9-10,13,19H,3-5,8,11-12H2,1-2H3. The number of rotatable bonds is 5. The Kier molecular flexibility index (Phi) is 4.30. The Morgan fingerprint density at radius 3 is 3.05 bits per heavy atom. The van der Waals surface area contributed by atoms with Gasteiger partial charge in [-0.3, -0.25) is 0 Å². The van der Waals surface area contributed by atoms with Crippen molar-refractivity contribution in [1.82, 2.24) is 5.32 Å². The van der Waals surface area contributed by atoms with Crippen molar-refractivity contribution in [2.75, 3.05) is 18.0 Å². The van der Waals surface area contributed by atoms with Gasteiger partial charge in [-0.25, -0.2) is 0 Å². The van der Waals surface area contributed by atoms with Crippen LogP contribution in [-0.4, -0.2) is 13.1 Å². The Morgan fingerprint density at radius 2 is 2.19 bits per heavy atom. The molecule has 21 heavy (non-hydrogen) atoms. The van der Waals surface area contributed by atoms with Crippen molar-refractivity contribution >= 4 is 5.69 Å². The molecule has 1 aromatic carbocycles. The molecule has 1 aliphatic rings. The van der Waals surface area contributed by atoms with Crippen LogP contribution in [0.5, 0.6) is 0 Å². The van der Waals surface area contributed by atoms with Gasteiger partial charge in [-0.15, -0.1) is 0 Å². The molecule has 0 unspecified atom stereocenters. The zero-order valence-corrected chi connectivity index (χ0v) is 13.0. The number of anilines is 1. The van der Waals surface area contributed by atoms with Gasteiger partial charge in [0.05, 0.1) is 12.8 Å². The third-order valence-electron chi connectivity index (χ3n) is 4.08. The minimum atomic E-state index is 0.863. The lowest BCUT2D eigenvalue weighted by molar-refractivity contribution is 0.495. The van der Waals surface area contributed by atoms with Crippen molar-refractivity contribution < 1.29 is 4.42 Å². The van der Waals surface area contributed by atoms with Gasteiger partial charge >= 0.3 is 0 Å². The van der Waals surface area contributed by atoms with E-state index in [1.807, 2.05) is 6.26 Å². The highest BCUT2D eigenvalue weighted by Gasteiger charge is 2.18. The summed E-state index contributed by atoms with van der Waals surface area (Å²) in [5.41, 5.74) is 5.42. The van der Waals surface area contributed by atoms with Gasteiger partial charge in [0.1, 0.15) is 5.76 Å². The third-order valence-corrected chi connectivity index (χ3v) is 4.08. The molecular formula is C18H24N2O. The van der Waals surface area contributed by atoms with Crippen LogP contribution in [0.3, 0.4) is 0 Å². The Labute approximate surface area is 127 Å². The average molecular weight is 284 g/mol. The van der Waals surface area contributed by atoms with E-state index in [0.29, 0.717) is 0 Å². The van der Waals surface area contributed by atoms with Crippen LogP contribution in [0.15, 0.2) is 34.9 Å². The number of nitrogens with zero attached hydrogens (tertiary/aromatic N) is 1. The van der Waals surface area contributed by atoms with Crippen LogP contribution in [0.2, 0.25) is 0 Å². The Bertz CT molecular complexity index is 603. The van der Waals surface area contributed by atoms with Gasteiger partial charge in [0.2, 0.25) is 0 Å². The second-order valence-electron chi connectivity index (χ2n) is 5.86. The molecule has 3 heteroatoms. The zero-order valence-electron chi connectivity index (χ0n) is 13.0. The summed E-state index contributed by atoms with van der Waals surface area (Å²) in [6.07, 6.45) is 4.29. The quantitative estimate of drug-likeness (QED) is 0.908. The monoisotopic (exact) mass is 284 g/mol. The second kappa shape index (κ2) is 6.35. The number of furan rings is 1. The first-order valence-corrected chi connectivity index (χ1v) is 7.87. The molecule has 0 bridgehead atoms. The van der Waals surface area contributed by atoms with Crippen LogP contribution in [0.1, 0.15) is 35.8 Å². The molecular weight excluding hydrogens is 260 g/mol. The van der Waals surface area contributed by atoms with Gasteiger partial charge < -0.3 is 14.6 Å². The predicted octanol–water partition coefficient (Wildman–Crippen LogP) is 3.65. The lowest BCUT2D eigenvalue weighted by Crippen LogP contribution is -2.28. The molecule has 1 N–H and O–H groups in total. The van der Waals surface area contributed by atoms with Crippen molar-refractivity contribution in [2.24, 2.45) is 0 Å². The van der Waals surface area contributed by atoms with Crippen LogP contribution in [0, 0.1) is 6.92 Å². The molecule has 0 saturated heterocycles. The molecule has 0 spiro atoms. The van der Waals surface area contributed by atoms with E-state index in [1.54, 1.807) is 0 Å². The first-order chi connectivity index (χ1) is 10.3. The van der Waals surface area contributed by atoms with E-state index in [4.69, 9.17) is 4.42 Å². The number of aryl methyl sites for hydroxylation is 2. The number of hydrogen-bond donors (Lipinski definition) is 1. The van der Waals surface area contributed by atoms with E-state index < -0.39 is 0 Å². The van der Waals surface area contributed by atoms with Gasteiger partial charge in [-0.2, -0.15) is 0 Å². The Morgan fingerprint density at radius 1 is 1.29 bits per heavy atom. The highest BCUT2D eigenvalue weighted by Crippen LogP contribution is 2.29. The predicted molar refractivity (Wildman–Crippen MR) is 86.6 cm³/mol. The molecule has 1 aliphatic heterocycles. The molecule has 0 amide bonds. The van der Waals surface area contributed by atoms with Gasteiger partial charge in [-0.1, -0.05) is 24.6 Å². The van der Waals surface area contributed by atoms with Gasteiger partial charge in [-0.05, 0) is 44.0 Å². The van der Waals surface area contributed by atoms with Crippen LogP contribution in [-0.2, 0) is 19.5 Å². The highest BCUT2D eigenvalue weighted by molar-refractivity contribution is 5.56. The average Bonchev–Trinajstić information content (AvgIpc) is 2.92. The van der Waals surface area contributed by atoms with Crippen molar-refractivity contribution in [3.05, 3.63) is 53.0 Å². The molecule has 2 heterocycles. The molecule has 112 valence electrons. The van der Waals surface area contributed by atoms with Gasteiger partial charge in [0, 0.05) is 24.3 Å². The Balaban J connectivity index is 1.73. The molecule has 2 aromatic rings. The number of benzene rings is 1. The summed E-state index contributed by atoms with van der Waals surface area (Å²) >= 11 is 0. The first kappa shape index (κ1) is 14.2. The summed E-state index contributed by atoms with van der Waals surface area (Å²) in [6.45, 7) is 8.13. The lowest BCUT2D eigenvalue weighted by atomic mass is 9.99. The van der Waals surface area contributed by atoms with Crippen LogP contribution < -0.4 is 10.2 Å². The molecule has 0 fully saturated rings. The van der Waals surface area contributed by atoms with E-state index in [2.05, 4.69) is 48.3 Å². The van der Waals surface area contributed by atoms with E-state index >= 15 is 0 Å². The van der Waals surface area contributed by atoms with E-state index in [-0.39, 0.29) is 0 Å². The van der Waals surface area contributed by atoms with Crippen LogP contribution in [0.25, 0.3) is 0 Å². The zero-order chi connectivity index (χ0) is 14.7. The van der Waals surface area contributed by atoms with E-state index in [1.165, 1.54) is 35.2 Å². The van der Waals surface area contributed by atoms with Crippen molar-refractivity contribution in [3.63, 3.8) is 0 Å². The lowest BCUT2D eigenvalue weighted by Gasteiger charge is -2.30. The van der Waals surface area contributed by atoms with Gasteiger partial charge in [0.15, 0.2) is 0 Å². The fourth-order valence-electron chi connectivity index (χ4n) is 3.03. The fraction of sp³-hybridized carbons (Fsp3) is 0.444. The SMILES string of the molecule is CCNCc1coc(CN2CCCc3cc(C)ccc32)c1. The summed E-state index contributed by atoms with van der Waals surface area (Å²) in [4.78, 5) is 2.44. The maximum absolute atomic E-state index is 5.72. The molecule has 3 nitrogen and oxygen atoms in total. The smallest absolute Gasteiger partial charge is 0.123 e. The minimum absolute atomic E-state index is 0.863. The number of hydrogen-bond acceptors (Lipinski definition) is 3. The normalized spacial score (nSPS) is 14.3. The fourth-order valence-corrected chi connectivity index (χ4v) is 3.03. The summed E-state index contributed by atoms with van der Waals surface area (Å²) in [6, 6.07) is 8.95. The molecule has 1 aromatic heterocycles. The summed E-state index contributed by atoms with van der Waals surface area (Å²) < 4.78 is 5.72. The maximum atomic E-state index is 5.72. The van der Waals surface area contributed by atoms with Crippen molar-refractivity contribution in [2.45, 2.75) is 39.8 Å². The molecule has 0 saturated carbocycles. The Hall–Kier alpha value is -1.74. The van der Waals surface area contributed by atoms with Crippen LogP contribution >= 0.6 is 0 Å². The number of fused-ring (bicyclic) bond motifs is 1. The maximum Gasteiger partial charge on any atom is 0.123 e. The topological polar surface area (TPSA) is 28.4 Å². The summed E-state index contributed by atoms with van der Waals surface area (Å²) in [7, 11) is 0. The van der Waals surface area contributed by atoms with E-state index in [0.717, 1.165) is 31.9 Å². The second-order valence-corrected chi connectivity index (χ2v) is 5.86. The van der Waals surface area contributed by atoms with Crippen LogP contribution in [0.4, 0.5) is 5.69 Å². The van der Waals surface area contributed by atoms with Crippen molar-refractivity contribution in [1.29, 1.82) is 0 Å². The van der Waals surface area contributed by atoms with Gasteiger partial charge in [0.25, 0.3) is 0 Å².